The molecule has 2 N–H and O–H groups in total. The smallest absolute Gasteiger partial charge is 0.408 e. The van der Waals surface area contributed by atoms with E-state index < -0.39 is 28.5 Å². The molecule has 2 rings (SSSR count). The van der Waals surface area contributed by atoms with Crippen molar-refractivity contribution in [2.45, 2.75) is 9.83 Å². The van der Waals surface area contributed by atoms with Crippen molar-refractivity contribution < 1.29 is 19.4 Å². The molecular weight excluding hydrogens is 365 g/mol. The number of hydrogen-bond donors (Lipinski definition) is 2. The van der Waals surface area contributed by atoms with Crippen molar-refractivity contribution in [3.05, 3.63) is 48.0 Å². The number of alkyl halides is 3. The van der Waals surface area contributed by atoms with Crippen LogP contribution in [0, 0.1) is 0 Å². The molecule has 23 heavy (non-hydrogen) atoms. The molecule has 8 heteroatoms. The zero-order chi connectivity index (χ0) is 17.0. The number of benzene rings is 2. The molecule has 2 aromatic rings. The van der Waals surface area contributed by atoms with Gasteiger partial charge in [0, 0.05) is 0 Å². The number of aliphatic carboxylic acids is 1. The van der Waals surface area contributed by atoms with Crippen molar-refractivity contribution in [1.29, 1.82) is 0 Å². The van der Waals surface area contributed by atoms with Gasteiger partial charge in [0.2, 0.25) is 3.79 Å². The van der Waals surface area contributed by atoms with Gasteiger partial charge in [-0.3, -0.25) is 0 Å². The normalized spacial score (nSPS) is 12.7. The van der Waals surface area contributed by atoms with Crippen LogP contribution in [0.15, 0.2) is 42.5 Å². The van der Waals surface area contributed by atoms with Crippen LogP contribution < -0.4 is 5.32 Å². The monoisotopic (exact) mass is 375 g/mol. The average Bonchev–Trinajstić information content (AvgIpc) is 2.49. The SMILES string of the molecule is O=C(N[C@@H](C(=O)O)c1cccc2ccccc12)OCC(Cl)(Cl)Cl. The summed E-state index contributed by atoms with van der Waals surface area (Å²) in [7, 11) is 0. The van der Waals surface area contributed by atoms with Crippen LogP contribution in [-0.2, 0) is 9.53 Å². The van der Waals surface area contributed by atoms with E-state index in [1.807, 2.05) is 18.2 Å². The van der Waals surface area contributed by atoms with Crippen LogP contribution in [0.5, 0.6) is 0 Å². The lowest BCUT2D eigenvalue weighted by Crippen LogP contribution is -2.35. The van der Waals surface area contributed by atoms with Gasteiger partial charge in [-0.2, -0.15) is 0 Å². The van der Waals surface area contributed by atoms with E-state index in [1.54, 1.807) is 24.3 Å². The van der Waals surface area contributed by atoms with E-state index in [0.717, 1.165) is 5.39 Å². The number of rotatable bonds is 4. The van der Waals surface area contributed by atoms with E-state index in [1.165, 1.54) is 0 Å². The lowest BCUT2D eigenvalue weighted by molar-refractivity contribution is -0.139. The molecule has 0 aliphatic rings. The van der Waals surface area contributed by atoms with Gasteiger partial charge in [0.05, 0.1) is 0 Å². The topological polar surface area (TPSA) is 75.6 Å². The fourth-order valence-electron chi connectivity index (χ4n) is 2.08. The summed E-state index contributed by atoms with van der Waals surface area (Å²) in [4.78, 5) is 23.3. The zero-order valence-corrected chi connectivity index (χ0v) is 13.9. The van der Waals surface area contributed by atoms with Gasteiger partial charge in [-0.15, -0.1) is 0 Å². The quantitative estimate of drug-likeness (QED) is 0.789. The van der Waals surface area contributed by atoms with Crippen LogP contribution in [0.2, 0.25) is 0 Å². The summed E-state index contributed by atoms with van der Waals surface area (Å²) in [6, 6.07) is 11.1. The standard InChI is InChI=1S/C15H12Cl3NO4/c16-15(17,18)8-23-14(22)19-12(13(20)21)11-7-3-5-9-4-1-2-6-10(9)11/h1-7,12H,8H2,(H,19,22)(H,20,21)/t12-/m1/s1. The molecule has 5 nitrogen and oxygen atoms in total. The number of alkyl carbamates (subject to hydrolysis) is 1. The average molecular weight is 377 g/mol. The van der Waals surface area contributed by atoms with Crippen LogP contribution in [-0.4, -0.2) is 27.6 Å². The maximum atomic E-state index is 11.7. The molecule has 0 aromatic heterocycles. The van der Waals surface area contributed by atoms with E-state index in [2.05, 4.69) is 5.32 Å². The fraction of sp³-hybridized carbons (Fsp3) is 0.200. The molecule has 0 fully saturated rings. The Hall–Kier alpha value is -1.69. The van der Waals surface area contributed by atoms with Gasteiger partial charge < -0.3 is 15.2 Å². The van der Waals surface area contributed by atoms with Crippen molar-refractivity contribution in [3.8, 4) is 0 Å². The third kappa shape index (κ3) is 4.89. The van der Waals surface area contributed by atoms with Crippen LogP contribution in [0.25, 0.3) is 10.8 Å². The van der Waals surface area contributed by atoms with Crippen LogP contribution >= 0.6 is 34.8 Å². The Labute approximate surface area is 147 Å². The molecule has 0 saturated carbocycles. The molecule has 0 spiro atoms. The van der Waals surface area contributed by atoms with E-state index in [0.29, 0.717) is 10.9 Å². The number of ether oxygens (including phenoxy) is 1. The van der Waals surface area contributed by atoms with Crippen LogP contribution in [0.4, 0.5) is 4.79 Å². The van der Waals surface area contributed by atoms with Crippen molar-refractivity contribution in [3.63, 3.8) is 0 Å². The number of nitrogens with one attached hydrogen (secondary N) is 1. The first-order valence-corrected chi connectivity index (χ1v) is 7.62. The van der Waals surface area contributed by atoms with E-state index in [4.69, 9.17) is 39.5 Å². The minimum absolute atomic E-state index is 0.432. The number of halogens is 3. The van der Waals surface area contributed by atoms with Crippen molar-refractivity contribution in [2.24, 2.45) is 0 Å². The second kappa shape index (κ2) is 7.25. The second-order valence-corrected chi connectivity index (χ2v) is 7.19. The number of carbonyl (C=O) groups excluding carboxylic acids is 1. The molecule has 1 amide bonds. The largest absolute Gasteiger partial charge is 0.479 e. The van der Waals surface area contributed by atoms with E-state index in [-0.39, 0.29) is 0 Å². The van der Waals surface area contributed by atoms with Crippen molar-refractivity contribution in [2.75, 3.05) is 6.61 Å². The second-order valence-electron chi connectivity index (χ2n) is 4.68. The summed E-state index contributed by atoms with van der Waals surface area (Å²) >= 11 is 16.4. The molecule has 0 radical (unpaired) electrons. The first-order chi connectivity index (χ1) is 10.8. The Bertz CT molecular complexity index is 725. The Balaban J connectivity index is 2.24. The minimum Gasteiger partial charge on any atom is -0.479 e. The molecule has 1 atom stereocenters. The van der Waals surface area contributed by atoms with Gasteiger partial charge in [0.25, 0.3) is 0 Å². The van der Waals surface area contributed by atoms with Gasteiger partial charge in [0.1, 0.15) is 6.61 Å². The predicted octanol–water partition coefficient (Wildman–Crippen LogP) is 4.06. The van der Waals surface area contributed by atoms with E-state index >= 15 is 0 Å². The summed E-state index contributed by atoms with van der Waals surface area (Å²) in [5.41, 5.74) is 0.432. The van der Waals surface area contributed by atoms with E-state index in [9.17, 15) is 14.7 Å². The summed E-state index contributed by atoms with van der Waals surface area (Å²) in [5, 5.41) is 13.2. The number of hydrogen-bond acceptors (Lipinski definition) is 3. The van der Waals surface area contributed by atoms with Gasteiger partial charge in [-0.1, -0.05) is 77.3 Å². The fourth-order valence-corrected chi connectivity index (χ4v) is 2.25. The zero-order valence-electron chi connectivity index (χ0n) is 11.6. The number of carbonyl (C=O) groups is 2. The Morgan fingerprint density at radius 3 is 2.43 bits per heavy atom. The Kier molecular flexibility index (Phi) is 5.57. The molecule has 2 aromatic carbocycles. The third-order valence-electron chi connectivity index (χ3n) is 3.01. The Morgan fingerprint density at radius 2 is 1.78 bits per heavy atom. The van der Waals surface area contributed by atoms with Crippen molar-refractivity contribution >= 4 is 57.6 Å². The Morgan fingerprint density at radius 1 is 1.13 bits per heavy atom. The first kappa shape index (κ1) is 17.7. The van der Waals surface area contributed by atoms with Gasteiger partial charge >= 0.3 is 12.1 Å². The third-order valence-corrected chi connectivity index (χ3v) is 3.34. The minimum atomic E-state index is -1.77. The lowest BCUT2D eigenvalue weighted by Gasteiger charge is -2.18. The lowest BCUT2D eigenvalue weighted by atomic mass is 9.99. The van der Waals surface area contributed by atoms with Gasteiger partial charge in [-0.05, 0) is 16.3 Å². The van der Waals surface area contributed by atoms with Crippen LogP contribution in [0.3, 0.4) is 0 Å². The van der Waals surface area contributed by atoms with Gasteiger partial charge in [0.15, 0.2) is 6.04 Å². The van der Waals surface area contributed by atoms with Crippen molar-refractivity contribution in [1.82, 2.24) is 5.32 Å². The number of amides is 1. The van der Waals surface area contributed by atoms with Gasteiger partial charge in [-0.25, -0.2) is 9.59 Å². The molecule has 0 heterocycles. The highest BCUT2D eigenvalue weighted by molar-refractivity contribution is 6.67. The maximum Gasteiger partial charge on any atom is 0.408 e. The summed E-state index contributed by atoms with van der Waals surface area (Å²) in [6.07, 6.45) is -0.989. The highest BCUT2D eigenvalue weighted by atomic mass is 35.6. The molecule has 0 bridgehead atoms. The molecule has 122 valence electrons. The highest BCUT2D eigenvalue weighted by Gasteiger charge is 2.27. The first-order valence-electron chi connectivity index (χ1n) is 6.48. The number of carboxylic acids is 1. The number of carboxylic acid groups (broad SMARTS) is 1. The molecule has 0 unspecified atom stereocenters. The number of fused-ring (bicyclic) bond motifs is 1. The highest BCUT2D eigenvalue weighted by Crippen LogP contribution is 2.27. The molecule has 0 aliphatic carbocycles. The molecular formula is C15H12Cl3NO4. The molecule has 0 saturated heterocycles. The maximum absolute atomic E-state index is 11.7. The summed E-state index contributed by atoms with van der Waals surface area (Å²) in [5.74, 6) is -1.23. The van der Waals surface area contributed by atoms with Crippen LogP contribution in [0.1, 0.15) is 11.6 Å². The molecule has 0 aliphatic heterocycles. The summed E-state index contributed by atoms with van der Waals surface area (Å²) in [6.45, 7) is -0.495. The predicted molar refractivity (Wildman–Crippen MR) is 89.1 cm³/mol. The summed E-state index contributed by atoms with van der Waals surface area (Å²) < 4.78 is 2.94.